The molecular formula is C27H26OP+. The van der Waals surface area contributed by atoms with Crippen LogP contribution in [-0.4, -0.2) is 7.11 Å². The minimum absolute atomic E-state index is 0.911. The zero-order valence-corrected chi connectivity index (χ0v) is 17.8. The fourth-order valence-corrected chi connectivity index (χ4v) is 8.35. The molecule has 0 aliphatic carbocycles. The molecule has 0 heterocycles. The lowest BCUT2D eigenvalue weighted by molar-refractivity contribution is 0.414. The molecule has 4 aromatic carbocycles. The molecule has 1 nitrogen and oxygen atoms in total. The van der Waals surface area contributed by atoms with Crippen molar-refractivity contribution >= 4 is 23.2 Å². The molecule has 0 amide bonds. The SMILES string of the molecule is COc1ccc(C[P+](c2ccccc2)(c2ccccc2)c2ccccc2)c(C)c1. The normalized spacial score (nSPS) is 11.2. The second kappa shape index (κ2) is 8.64. The standard InChI is InChI=1S/C27H26OP/c1-22-20-24(28-2)19-18-23(22)21-29(25-12-6-3-7-13-25,26-14-8-4-9-15-26)27-16-10-5-11-17-27/h3-20H,21H2,1-2H3/q+1. The Hall–Kier alpha value is -2.89. The molecule has 0 aromatic heterocycles. The Kier molecular flexibility index (Phi) is 5.79. The zero-order valence-electron chi connectivity index (χ0n) is 17.0. The second-order valence-electron chi connectivity index (χ2n) is 7.27. The minimum atomic E-state index is -1.87. The smallest absolute Gasteiger partial charge is 0.119 e. The topological polar surface area (TPSA) is 9.23 Å². The molecule has 0 unspecified atom stereocenters. The van der Waals surface area contributed by atoms with E-state index in [-0.39, 0.29) is 0 Å². The van der Waals surface area contributed by atoms with Crippen LogP contribution in [0.5, 0.6) is 5.75 Å². The highest BCUT2D eigenvalue weighted by Gasteiger charge is 2.45. The highest BCUT2D eigenvalue weighted by molar-refractivity contribution is 7.95. The van der Waals surface area contributed by atoms with Crippen molar-refractivity contribution in [2.24, 2.45) is 0 Å². The highest BCUT2D eigenvalue weighted by atomic mass is 31.2. The van der Waals surface area contributed by atoms with Gasteiger partial charge in [-0.3, -0.25) is 0 Å². The molecule has 0 spiro atoms. The Bertz CT molecular complexity index is 963. The summed E-state index contributed by atoms with van der Waals surface area (Å²) in [6.07, 6.45) is 0.987. The van der Waals surface area contributed by atoms with Crippen LogP contribution in [0, 0.1) is 6.92 Å². The lowest BCUT2D eigenvalue weighted by atomic mass is 10.1. The number of aryl methyl sites for hydroxylation is 1. The molecule has 4 aromatic rings. The van der Waals surface area contributed by atoms with Crippen molar-refractivity contribution in [1.82, 2.24) is 0 Å². The number of hydrogen-bond acceptors (Lipinski definition) is 1. The molecule has 144 valence electrons. The van der Waals surface area contributed by atoms with Gasteiger partial charge in [0.15, 0.2) is 0 Å². The monoisotopic (exact) mass is 397 g/mol. The lowest BCUT2D eigenvalue weighted by Gasteiger charge is -2.28. The second-order valence-corrected chi connectivity index (χ2v) is 10.8. The van der Waals surface area contributed by atoms with Crippen molar-refractivity contribution in [3.8, 4) is 5.75 Å². The largest absolute Gasteiger partial charge is 0.497 e. The first-order valence-electron chi connectivity index (χ1n) is 9.92. The van der Waals surface area contributed by atoms with E-state index in [1.807, 2.05) is 0 Å². The Morgan fingerprint density at radius 3 is 1.45 bits per heavy atom. The Balaban J connectivity index is 1.98. The van der Waals surface area contributed by atoms with Crippen LogP contribution < -0.4 is 20.7 Å². The minimum Gasteiger partial charge on any atom is -0.497 e. The van der Waals surface area contributed by atoms with Crippen LogP contribution in [0.15, 0.2) is 109 Å². The van der Waals surface area contributed by atoms with Crippen LogP contribution >= 0.6 is 7.26 Å². The number of rotatable bonds is 6. The van der Waals surface area contributed by atoms with Crippen LogP contribution in [-0.2, 0) is 6.16 Å². The Morgan fingerprint density at radius 1 is 0.621 bits per heavy atom. The Morgan fingerprint density at radius 2 is 1.07 bits per heavy atom. The molecule has 4 rings (SSSR count). The van der Waals surface area contributed by atoms with E-state index in [0.717, 1.165) is 11.9 Å². The maximum absolute atomic E-state index is 5.44. The summed E-state index contributed by atoms with van der Waals surface area (Å²) >= 11 is 0. The van der Waals surface area contributed by atoms with E-state index < -0.39 is 7.26 Å². The van der Waals surface area contributed by atoms with Gasteiger partial charge in [-0.25, -0.2) is 0 Å². The average molecular weight is 397 g/mol. The van der Waals surface area contributed by atoms with Crippen LogP contribution in [0.25, 0.3) is 0 Å². The van der Waals surface area contributed by atoms with Gasteiger partial charge in [-0.1, -0.05) is 60.7 Å². The molecule has 0 aliphatic heterocycles. The molecule has 0 bridgehead atoms. The Labute approximate surface area is 174 Å². The molecule has 0 saturated heterocycles. The number of methoxy groups -OCH3 is 1. The van der Waals surface area contributed by atoms with Crippen molar-refractivity contribution in [2.45, 2.75) is 13.1 Å². The van der Waals surface area contributed by atoms with E-state index in [2.05, 4.69) is 116 Å². The van der Waals surface area contributed by atoms with E-state index in [1.54, 1.807) is 7.11 Å². The van der Waals surface area contributed by atoms with Crippen LogP contribution in [0.4, 0.5) is 0 Å². The van der Waals surface area contributed by atoms with Gasteiger partial charge < -0.3 is 4.74 Å². The van der Waals surface area contributed by atoms with Crippen molar-refractivity contribution < 1.29 is 4.74 Å². The predicted octanol–water partition coefficient (Wildman–Crippen LogP) is 5.50. The van der Waals surface area contributed by atoms with E-state index in [1.165, 1.54) is 27.0 Å². The summed E-state index contributed by atoms with van der Waals surface area (Å²) in [6, 6.07) is 39.5. The van der Waals surface area contributed by atoms with Crippen molar-refractivity contribution in [1.29, 1.82) is 0 Å². The number of benzene rings is 4. The third-order valence-electron chi connectivity index (χ3n) is 5.55. The summed E-state index contributed by atoms with van der Waals surface area (Å²) in [5.74, 6) is 0.911. The van der Waals surface area contributed by atoms with Crippen LogP contribution in [0.2, 0.25) is 0 Å². The predicted molar refractivity (Wildman–Crippen MR) is 127 cm³/mol. The molecule has 29 heavy (non-hydrogen) atoms. The summed E-state index contributed by atoms with van der Waals surface area (Å²) < 4.78 is 5.44. The molecule has 0 aliphatic rings. The van der Waals surface area contributed by atoms with Crippen LogP contribution in [0.1, 0.15) is 11.1 Å². The van der Waals surface area contributed by atoms with E-state index in [9.17, 15) is 0 Å². The van der Waals surface area contributed by atoms with E-state index in [4.69, 9.17) is 4.74 Å². The third-order valence-corrected chi connectivity index (χ3v) is 9.90. The molecule has 2 heteroatoms. The summed E-state index contributed by atoms with van der Waals surface area (Å²) in [4.78, 5) is 0. The summed E-state index contributed by atoms with van der Waals surface area (Å²) in [7, 11) is -0.141. The van der Waals surface area contributed by atoms with Crippen molar-refractivity contribution in [3.05, 3.63) is 120 Å². The molecule has 0 atom stereocenters. The summed E-state index contributed by atoms with van der Waals surface area (Å²) in [5, 5.41) is 4.23. The van der Waals surface area contributed by atoms with Gasteiger partial charge in [-0.15, -0.1) is 0 Å². The number of hydrogen-bond donors (Lipinski definition) is 0. The first kappa shape index (κ1) is 19.4. The molecule has 0 N–H and O–H groups in total. The quantitative estimate of drug-likeness (QED) is 0.391. The maximum Gasteiger partial charge on any atom is 0.119 e. The van der Waals surface area contributed by atoms with Gasteiger partial charge in [0, 0.05) is 0 Å². The average Bonchev–Trinajstić information content (AvgIpc) is 2.80. The van der Waals surface area contributed by atoms with Gasteiger partial charge in [0.05, 0.1) is 13.3 Å². The van der Waals surface area contributed by atoms with Crippen LogP contribution in [0.3, 0.4) is 0 Å². The van der Waals surface area contributed by atoms with Gasteiger partial charge in [0.25, 0.3) is 0 Å². The number of ether oxygens (including phenoxy) is 1. The lowest BCUT2D eigenvalue weighted by Crippen LogP contribution is -2.32. The van der Waals surface area contributed by atoms with Gasteiger partial charge in [0.2, 0.25) is 0 Å². The third kappa shape index (κ3) is 3.84. The molecular weight excluding hydrogens is 371 g/mol. The molecule has 0 fully saturated rings. The van der Waals surface area contributed by atoms with Crippen molar-refractivity contribution in [2.75, 3.05) is 7.11 Å². The van der Waals surface area contributed by atoms with Gasteiger partial charge in [-0.2, -0.15) is 0 Å². The molecule has 0 radical (unpaired) electrons. The van der Waals surface area contributed by atoms with Gasteiger partial charge in [0.1, 0.15) is 28.9 Å². The summed E-state index contributed by atoms with van der Waals surface area (Å²) in [6.45, 7) is 2.19. The van der Waals surface area contributed by atoms with Gasteiger partial charge in [-0.05, 0) is 66.6 Å². The van der Waals surface area contributed by atoms with Gasteiger partial charge >= 0.3 is 0 Å². The first-order chi connectivity index (χ1) is 14.2. The summed E-state index contributed by atoms with van der Waals surface area (Å²) in [5.41, 5.74) is 2.65. The van der Waals surface area contributed by atoms with Crippen molar-refractivity contribution in [3.63, 3.8) is 0 Å². The maximum atomic E-state index is 5.44. The fourth-order valence-electron chi connectivity index (χ4n) is 4.00. The van der Waals surface area contributed by atoms with E-state index in [0.29, 0.717) is 0 Å². The van der Waals surface area contributed by atoms with E-state index >= 15 is 0 Å². The molecule has 0 saturated carbocycles. The zero-order chi connectivity index (χ0) is 20.1. The highest BCUT2D eigenvalue weighted by Crippen LogP contribution is 2.58. The fraction of sp³-hybridized carbons (Fsp3) is 0.111. The first-order valence-corrected chi connectivity index (χ1v) is 11.9.